The monoisotopic (exact) mass is 253 g/mol. The molecule has 0 spiro atoms. The summed E-state index contributed by atoms with van der Waals surface area (Å²) in [5.41, 5.74) is -0.249. The molecule has 1 N–H and O–H groups in total. The highest BCUT2D eigenvalue weighted by atomic mass is 19.1. The molecular formula is C14H20FNO2. The summed E-state index contributed by atoms with van der Waals surface area (Å²) >= 11 is 0. The minimum absolute atomic E-state index is 0.0161. The minimum atomic E-state index is -0.770. The van der Waals surface area contributed by atoms with Crippen molar-refractivity contribution in [2.24, 2.45) is 0 Å². The van der Waals surface area contributed by atoms with Gasteiger partial charge in [-0.3, -0.25) is 4.79 Å². The molecule has 100 valence electrons. The highest BCUT2D eigenvalue weighted by Gasteiger charge is 2.16. The summed E-state index contributed by atoms with van der Waals surface area (Å²) in [5, 5.41) is 9.63. The molecule has 0 bridgehead atoms. The van der Waals surface area contributed by atoms with Crippen LogP contribution in [-0.2, 0) is 0 Å². The maximum absolute atomic E-state index is 12.7. The van der Waals surface area contributed by atoms with Crippen molar-refractivity contribution < 1.29 is 14.3 Å². The van der Waals surface area contributed by atoms with Crippen LogP contribution in [0.15, 0.2) is 24.3 Å². The molecule has 0 radical (unpaired) electrons. The molecule has 0 heterocycles. The molecule has 0 aliphatic carbocycles. The van der Waals surface area contributed by atoms with Gasteiger partial charge >= 0.3 is 0 Å². The summed E-state index contributed by atoms with van der Waals surface area (Å²) in [6, 6.07) is 5.56. The number of rotatable bonds is 6. The lowest BCUT2D eigenvalue weighted by Crippen LogP contribution is -2.37. The van der Waals surface area contributed by atoms with Crippen molar-refractivity contribution >= 4 is 5.78 Å². The molecule has 18 heavy (non-hydrogen) atoms. The van der Waals surface area contributed by atoms with Crippen LogP contribution in [0.2, 0.25) is 0 Å². The number of benzene rings is 1. The molecule has 1 aromatic carbocycles. The van der Waals surface area contributed by atoms with Gasteiger partial charge in [0.15, 0.2) is 5.78 Å². The van der Waals surface area contributed by atoms with E-state index in [1.54, 1.807) is 13.8 Å². The lowest BCUT2D eigenvalue weighted by Gasteiger charge is -2.25. The van der Waals surface area contributed by atoms with Crippen LogP contribution in [-0.4, -0.2) is 41.5 Å². The largest absolute Gasteiger partial charge is 0.389 e. The van der Waals surface area contributed by atoms with E-state index >= 15 is 0 Å². The molecule has 0 aliphatic rings. The molecule has 1 aromatic rings. The van der Waals surface area contributed by atoms with E-state index in [0.717, 1.165) is 0 Å². The van der Waals surface area contributed by atoms with E-state index < -0.39 is 5.60 Å². The predicted octanol–water partition coefficient (Wildman–Crippen LogP) is 2.10. The third-order valence-corrected chi connectivity index (χ3v) is 2.54. The highest BCUT2D eigenvalue weighted by molar-refractivity contribution is 5.96. The molecule has 4 heteroatoms. The fourth-order valence-corrected chi connectivity index (χ4v) is 1.81. The van der Waals surface area contributed by atoms with Crippen LogP contribution < -0.4 is 0 Å². The van der Waals surface area contributed by atoms with E-state index in [-0.39, 0.29) is 11.6 Å². The van der Waals surface area contributed by atoms with Gasteiger partial charge in [-0.2, -0.15) is 0 Å². The number of carbonyl (C=O) groups excluding carboxylic acids is 1. The number of Topliss-reactive ketones (excluding diaryl/α,β-unsaturated/α-hetero) is 1. The van der Waals surface area contributed by atoms with Gasteiger partial charge in [0.1, 0.15) is 5.82 Å². The number of halogens is 1. The Labute approximate surface area is 107 Å². The Kier molecular flexibility index (Phi) is 4.99. The van der Waals surface area contributed by atoms with Crippen molar-refractivity contribution in [2.45, 2.75) is 25.9 Å². The summed E-state index contributed by atoms with van der Waals surface area (Å²) in [5.74, 6) is -0.358. The van der Waals surface area contributed by atoms with Gasteiger partial charge in [-0.25, -0.2) is 4.39 Å². The normalized spacial score (nSPS) is 11.9. The van der Waals surface area contributed by atoms with Gasteiger partial charge in [-0.05, 0) is 45.2 Å². The van der Waals surface area contributed by atoms with Crippen molar-refractivity contribution in [3.05, 3.63) is 35.6 Å². The van der Waals surface area contributed by atoms with Gasteiger partial charge in [0.2, 0.25) is 0 Å². The molecule has 0 saturated heterocycles. The molecule has 0 saturated carbocycles. The Balaban J connectivity index is 2.44. The van der Waals surface area contributed by atoms with E-state index in [4.69, 9.17) is 0 Å². The third kappa shape index (κ3) is 5.38. The van der Waals surface area contributed by atoms with E-state index in [2.05, 4.69) is 0 Å². The first-order chi connectivity index (χ1) is 8.28. The first kappa shape index (κ1) is 14.8. The zero-order chi connectivity index (χ0) is 13.8. The summed E-state index contributed by atoms with van der Waals surface area (Å²) in [7, 11) is 1.86. The number of nitrogens with zero attached hydrogens (tertiary/aromatic N) is 1. The average Bonchev–Trinajstić information content (AvgIpc) is 2.24. The number of hydrogen-bond donors (Lipinski definition) is 1. The first-order valence-electron chi connectivity index (χ1n) is 5.97. The zero-order valence-electron chi connectivity index (χ0n) is 11.1. The maximum Gasteiger partial charge on any atom is 0.164 e. The Bertz CT molecular complexity index is 395. The first-order valence-corrected chi connectivity index (χ1v) is 5.97. The van der Waals surface area contributed by atoms with Crippen LogP contribution in [0.1, 0.15) is 30.6 Å². The molecule has 3 nitrogen and oxygen atoms in total. The molecule has 0 unspecified atom stereocenters. The lowest BCUT2D eigenvalue weighted by molar-refractivity contribution is 0.0437. The molecule has 0 atom stereocenters. The van der Waals surface area contributed by atoms with E-state index in [0.29, 0.717) is 25.1 Å². The van der Waals surface area contributed by atoms with Crippen LogP contribution in [0.3, 0.4) is 0 Å². The van der Waals surface area contributed by atoms with Gasteiger partial charge in [0, 0.05) is 25.1 Å². The van der Waals surface area contributed by atoms with E-state index in [9.17, 15) is 14.3 Å². The second-order valence-electron chi connectivity index (χ2n) is 5.23. The van der Waals surface area contributed by atoms with Crippen molar-refractivity contribution in [2.75, 3.05) is 20.1 Å². The van der Waals surface area contributed by atoms with Crippen LogP contribution in [0, 0.1) is 5.82 Å². The van der Waals surface area contributed by atoms with E-state index in [1.807, 2.05) is 11.9 Å². The van der Waals surface area contributed by atoms with Crippen LogP contribution in [0.25, 0.3) is 0 Å². The van der Waals surface area contributed by atoms with Crippen LogP contribution in [0.5, 0.6) is 0 Å². The molecular weight excluding hydrogens is 233 g/mol. The van der Waals surface area contributed by atoms with Gasteiger partial charge < -0.3 is 10.0 Å². The second-order valence-corrected chi connectivity index (χ2v) is 5.23. The smallest absolute Gasteiger partial charge is 0.164 e. The lowest BCUT2D eigenvalue weighted by atomic mass is 10.1. The molecule has 1 rings (SSSR count). The number of carbonyl (C=O) groups is 1. The maximum atomic E-state index is 12.7. The Hall–Kier alpha value is -1.26. The Morgan fingerprint density at radius 1 is 1.33 bits per heavy atom. The predicted molar refractivity (Wildman–Crippen MR) is 69.1 cm³/mol. The summed E-state index contributed by atoms with van der Waals surface area (Å²) in [6.45, 7) is 4.53. The summed E-state index contributed by atoms with van der Waals surface area (Å²) in [4.78, 5) is 13.7. The van der Waals surface area contributed by atoms with Gasteiger partial charge in [-0.1, -0.05) is 0 Å². The van der Waals surface area contributed by atoms with Crippen molar-refractivity contribution in [1.29, 1.82) is 0 Å². The number of likely N-dealkylation sites (N-methyl/N-ethyl adjacent to an activating group) is 1. The Morgan fingerprint density at radius 2 is 1.89 bits per heavy atom. The van der Waals surface area contributed by atoms with E-state index in [1.165, 1.54) is 24.3 Å². The average molecular weight is 253 g/mol. The fraction of sp³-hybridized carbons (Fsp3) is 0.500. The highest BCUT2D eigenvalue weighted by Crippen LogP contribution is 2.08. The standard InChI is InChI=1S/C14H20FNO2/c1-14(2,18)10-16(3)9-8-13(17)11-4-6-12(15)7-5-11/h4-7,18H,8-10H2,1-3H3. The van der Waals surface area contributed by atoms with Crippen molar-refractivity contribution in [3.63, 3.8) is 0 Å². The quantitative estimate of drug-likeness (QED) is 0.789. The SMILES string of the molecule is CN(CCC(=O)c1ccc(F)cc1)CC(C)(C)O. The van der Waals surface area contributed by atoms with Crippen molar-refractivity contribution in [1.82, 2.24) is 4.90 Å². The molecule has 0 fully saturated rings. The Morgan fingerprint density at radius 3 is 2.39 bits per heavy atom. The van der Waals surface area contributed by atoms with Gasteiger partial charge in [-0.15, -0.1) is 0 Å². The molecule has 0 amide bonds. The third-order valence-electron chi connectivity index (χ3n) is 2.54. The van der Waals surface area contributed by atoms with Crippen LogP contribution >= 0.6 is 0 Å². The number of aliphatic hydroxyl groups is 1. The topological polar surface area (TPSA) is 40.5 Å². The molecule has 0 aromatic heterocycles. The second kappa shape index (κ2) is 6.07. The zero-order valence-corrected chi connectivity index (χ0v) is 11.1. The van der Waals surface area contributed by atoms with Crippen molar-refractivity contribution in [3.8, 4) is 0 Å². The number of ketones is 1. The summed E-state index contributed by atoms with van der Waals surface area (Å²) in [6.07, 6.45) is 0.359. The summed E-state index contributed by atoms with van der Waals surface area (Å²) < 4.78 is 12.7. The number of hydrogen-bond acceptors (Lipinski definition) is 3. The molecule has 0 aliphatic heterocycles. The fourth-order valence-electron chi connectivity index (χ4n) is 1.81. The van der Waals surface area contributed by atoms with Gasteiger partial charge in [0.25, 0.3) is 0 Å². The van der Waals surface area contributed by atoms with Crippen LogP contribution in [0.4, 0.5) is 4.39 Å². The van der Waals surface area contributed by atoms with Gasteiger partial charge in [0.05, 0.1) is 5.60 Å². The minimum Gasteiger partial charge on any atom is -0.389 e.